The van der Waals surface area contributed by atoms with Gasteiger partial charge in [0.25, 0.3) is 0 Å². The number of hydrogen-bond donors (Lipinski definition) is 0. The number of aromatic nitrogens is 2. The van der Waals surface area contributed by atoms with Crippen molar-refractivity contribution < 1.29 is 4.74 Å². The number of benzene rings is 1. The van der Waals surface area contributed by atoms with E-state index >= 15 is 0 Å². The molecule has 4 nitrogen and oxygen atoms in total. The predicted molar refractivity (Wildman–Crippen MR) is 91.2 cm³/mol. The zero-order valence-corrected chi connectivity index (χ0v) is 14.8. The lowest BCUT2D eigenvalue weighted by Crippen LogP contribution is -2.19. The van der Waals surface area contributed by atoms with Crippen LogP contribution in [0.4, 0.5) is 0 Å². The number of aryl methyl sites for hydroxylation is 1. The van der Waals surface area contributed by atoms with Crippen molar-refractivity contribution in [2.75, 3.05) is 39.7 Å². The quantitative estimate of drug-likeness (QED) is 0.525. The maximum absolute atomic E-state index is 5.89. The van der Waals surface area contributed by atoms with Crippen LogP contribution < -0.4 is 0 Å². The van der Waals surface area contributed by atoms with Gasteiger partial charge in [-0.2, -0.15) is 0 Å². The van der Waals surface area contributed by atoms with E-state index in [-0.39, 0.29) is 0 Å². The van der Waals surface area contributed by atoms with Gasteiger partial charge in [0.1, 0.15) is 5.82 Å². The molecule has 1 aromatic carbocycles. The number of imidazole rings is 1. The molecule has 0 spiro atoms. The van der Waals surface area contributed by atoms with E-state index in [9.17, 15) is 0 Å². The van der Waals surface area contributed by atoms with Crippen molar-refractivity contribution in [1.82, 2.24) is 14.5 Å². The van der Waals surface area contributed by atoms with Crippen molar-refractivity contribution in [3.63, 3.8) is 0 Å². The van der Waals surface area contributed by atoms with Crippen LogP contribution in [0.5, 0.6) is 0 Å². The Kier molecular flexibility index (Phi) is 6.48. The first-order valence-corrected chi connectivity index (χ1v) is 8.37. The summed E-state index contributed by atoms with van der Waals surface area (Å²) in [6.45, 7) is 3.17. The zero-order valence-electron chi connectivity index (χ0n) is 12.5. The first-order chi connectivity index (χ1) is 10.1. The van der Waals surface area contributed by atoms with E-state index in [2.05, 4.69) is 36.4 Å². The molecule has 1 heterocycles. The number of hydrogen-bond acceptors (Lipinski definition) is 3. The summed E-state index contributed by atoms with van der Waals surface area (Å²) in [6, 6.07) is 6.17. The number of likely N-dealkylation sites (N-methyl/N-ethyl adjacent to an activating group) is 1. The smallest absolute Gasteiger partial charge is 0.111 e. The lowest BCUT2D eigenvalue weighted by atomic mass is 10.3. The summed E-state index contributed by atoms with van der Waals surface area (Å²) in [5.41, 5.74) is 2.13. The topological polar surface area (TPSA) is 30.3 Å². The van der Waals surface area contributed by atoms with Gasteiger partial charge in [0.05, 0.1) is 24.2 Å². The van der Waals surface area contributed by atoms with Crippen molar-refractivity contribution in [3.8, 4) is 0 Å². The molecule has 0 aliphatic heterocycles. The molecule has 0 saturated heterocycles. The van der Waals surface area contributed by atoms with E-state index in [0.717, 1.165) is 47.4 Å². The number of ether oxygens (including phenoxy) is 1. The van der Waals surface area contributed by atoms with Crippen LogP contribution in [-0.2, 0) is 17.7 Å². The summed E-state index contributed by atoms with van der Waals surface area (Å²) in [4.78, 5) is 6.79. The fraction of sp³-hybridized carbons (Fsp3) is 0.533. The maximum Gasteiger partial charge on any atom is 0.111 e. The third-order valence-electron chi connectivity index (χ3n) is 3.25. The van der Waals surface area contributed by atoms with Crippen LogP contribution in [0, 0.1) is 0 Å². The van der Waals surface area contributed by atoms with Crippen LogP contribution >= 0.6 is 27.5 Å². The highest BCUT2D eigenvalue weighted by Gasteiger charge is 2.10. The molecule has 6 heteroatoms. The normalized spacial score (nSPS) is 11.7. The zero-order chi connectivity index (χ0) is 15.2. The molecular formula is C15H21BrClN3O. The molecule has 2 rings (SSSR count). The van der Waals surface area contributed by atoms with Crippen molar-refractivity contribution in [2.24, 2.45) is 0 Å². The van der Waals surface area contributed by atoms with Gasteiger partial charge >= 0.3 is 0 Å². The highest BCUT2D eigenvalue weighted by molar-refractivity contribution is 9.10. The third-order valence-corrected chi connectivity index (χ3v) is 3.93. The average Bonchev–Trinajstić information content (AvgIpc) is 2.75. The number of halogens is 2. The fourth-order valence-electron chi connectivity index (χ4n) is 2.18. The lowest BCUT2D eigenvalue weighted by molar-refractivity contribution is 0.111. The molecular weight excluding hydrogens is 354 g/mol. The van der Waals surface area contributed by atoms with E-state index < -0.39 is 0 Å². The van der Waals surface area contributed by atoms with E-state index in [4.69, 9.17) is 16.3 Å². The molecule has 0 atom stereocenters. The monoisotopic (exact) mass is 373 g/mol. The number of alkyl halides is 1. The molecule has 0 bridgehead atoms. The van der Waals surface area contributed by atoms with E-state index in [1.807, 2.05) is 26.2 Å². The van der Waals surface area contributed by atoms with Crippen LogP contribution in [0.25, 0.3) is 11.0 Å². The van der Waals surface area contributed by atoms with Crippen molar-refractivity contribution in [2.45, 2.75) is 13.0 Å². The first kappa shape index (κ1) is 16.7. The summed E-state index contributed by atoms with van der Waals surface area (Å²) >= 11 is 9.37. The number of nitrogens with zero attached hydrogens (tertiary/aromatic N) is 3. The van der Waals surface area contributed by atoms with Gasteiger partial charge in [-0.25, -0.2) is 4.98 Å². The molecule has 2 aromatic rings. The van der Waals surface area contributed by atoms with Gasteiger partial charge in [-0.15, -0.1) is 11.6 Å². The van der Waals surface area contributed by atoms with Crippen molar-refractivity contribution in [3.05, 3.63) is 28.5 Å². The van der Waals surface area contributed by atoms with Crippen molar-refractivity contribution in [1.29, 1.82) is 0 Å². The standard InChI is InChI=1S/C15H21BrClN3O/c1-19(2)7-9-21-10-8-20-14-4-3-12(16)11-13(14)18-15(20)5-6-17/h3-4,11H,5-10H2,1-2H3. The molecule has 0 aliphatic rings. The Bertz CT molecular complexity index is 586. The van der Waals surface area contributed by atoms with Crippen LogP contribution in [0.2, 0.25) is 0 Å². The molecule has 0 saturated carbocycles. The molecule has 0 aliphatic carbocycles. The van der Waals surface area contributed by atoms with Crippen LogP contribution in [0.3, 0.4) is 0 Å². The van der Waals surface area contributed by atoms with Gasteiger partial charge < -0.3 is 14.2 Å². The van der Waals surface area contributed by atoms with Gasteiger partial charge in [-0.05, 0) is 32.3 Å². The minimum absolute atomic E-state index is 0.575. The summed E-state index contributed by atoms with van der Waals surface area (Å²) in [6.07, 6.45) is 0.769. The summed E-state index contributed by atoms with van der Waals surface area (Å²) in [5, 5.41) is 0. The molecule has 0 N–H and O–H groups in total. The Morgan fingerprint density at radius 1 is 1.33 bits per heavy atom. The van der Waals surface area contributed by atoms with Gasteiger partial charge in [-0.1, -0.05) is 15.9 Å². The minimum Gasteiger partial charge on any atom is -0.378 e. The van der Waals surface area contributed by atoms with Gasteiger partial charge in [0.2, 0.25) is 0 Å². The Balaban J connectivity index is 2.07. The molecule has 21 heavy (non-hydrogen) atoms. The first-order valence-electron chi connectivity index (χ1n) is 7.05. The second kappa shape index (κ2) is 8.13. The molecule has 0 amide bonds. The molecule has 0 fully saturated rings. The molecule has 0 unspecified atom stereocenters. The third kappa shape index (κ3) is 4.68. The molecule has 1 aromatic heterocycles. The summed E-state index contributed by atoms with van der Waals surface area (Å²) in [5.74, 6) is 1.60. The van der Waals surface area contributed by atoms with Gasteiger partial charge in [-0.3, -0.25) is 0 Å². The second-order valence-electron chi connectivity index (χ2n) is 5.17. The van der Waals surface area contributed by atoms with Gasteiger partial charge in [0.15, 0.2) is 0 Å². The Morgan fingerprint density at radius 2 is 2.14 bits per heavy atom. The van der Waals surface area contributed by atoms with E-state index in [0.29, 0.717) is 12.5 Å². The SMILES string of the molecule is CN(C)CCOCCn1c(CCCl)nc2cc(Br)ccc21. The second-order valence-corrected chi connectivity index (χ2v) is 6.46. The minimum atomic E-state index is 0.575. The maximum atomic E-state index is 5.89. The van der Waals surface area contributed by atoms with E-state index in [1.165, 1.54) is 0 Å². The fourth-order valence-corrected chi connectivity index (χ4v) is 2.70. The summed E-state index contributed by atoms with van der Waals surface area (Å²) in [7, 11) is 4.09. The largest absolute Gasteiger partial charge is 0.378 e. The summed E-state index contributed by atoms with van der Waals surface area (Å²) < 4.78 is 8.94. The van der Waals surface area contributed by atoms with Crippen LogP contribution in [0.1, 0.15) is 5.82 Å². The van der Waals surface area contributed by atoms with Crippen molar-refractivity contribution >= 4 is 38.6 Å². The number of fused-ring (bicyclic) bond motifs is 1. The van der Waals surface area contributed by atoms with E-state index in [1.54, 1.807) is 0 Å². The van der Waals surface area contributed by atoms with Crippen LogP contribution in [-0.4, -0.2) is 54.2 Å². The highest BCUT2D eigenvalue weighted by atomic mass is 79.9. The Hall–Kier alpha value is -0.620. The highest BCUT2D eigenvalue weighted by Crippen LogP contribution is 2.21. The number of rotatable bonds is 8. The van der Waals surface area contributed by atoms with Gasteiger partial charge in [0, 0.05) is 29.9 Å². The predicted octanol–water partition coefficient (Wildman–Crippen LogP) is 3.16. The Labute approximate surface area is 139 Å². The lowest BCUT2D eigenvalue weighted by Gasteiger charge is -2.12. The molecule has 116 valence electrons. The average molecular weight is 375 g/mol. The van der Waals surface area contributed by atoms with Crippen LogP contribution in [0.15, 0.2) is 22.7 Å². The molecule has 0 radical (unpaired) electrons. The Morgan fingerprint density at radius 3 is 2.86 bits per heavy atom.